The summed E-state index contributed by atoms with van der Waals surface area (Å²) in [6.07, 6.45) is 1.59. The van der Waals surface area contributed by atoms with Crippen LogP contribution in [0.5, 0.6) is 5.75 Å². The minimum atomic E-state index is -0.594. The molecule has 1 aliphatic rings. The largest absolute Gasteiger partial charge is 0.468 e. The second-order valence-electron chi connectivity index (χ2n) is 5.67. The van der Waals surface area contributed by atoms with E-state index in [0.717, 1.165) is 5.56 Å². The molecule has 4 heteroatoms. The zero-order chi connectivity index (χ0) is 15.7. The van der Waals surface area contributed by atoms with E-state index in [4.69, 9.17) is 16.3 Å². The first-order chi connectivity index (χ1) is 10.4. The summed E-state index contributed by atoms with van der Waals surface area (Å²) < 4.78 is 5.87. The number of hydrogen-bond acceptors (Lipinski definition) is 3. The Morgan fingerprint density at radius 2 is 1.91 bits per heavy atom. The summed E-state index contributed by atoms with van der Waals surface area (Å²) in [5, 5.41) is 3.84. The van der Waals surface area contributed by atoms with Crippen molar-refractivity contribution in [2.24, 2.45) is 0 Å². The predicted octanol–water partition coefficient (Wildman–Crippen LogP) is 4.28. The second-order valence-corrected chi connectivity index (χ2v) is 6.10. The maximum absolute atomic E-state index is 12.4. The molecule has 0 saturated heterocycles. The summed E-state index contributed by atoms with van der Waals surface area (Å²) >= 11 is 6.07. The van der Waals surface area contributed by atoms with Gasteiger partial charge in [-0.3, -0.25) is 4.79 Å². The lowest BCUT2D eigenvalue weighted by atomic mass is 10.0. The number of benzene rings is 2. The van der Waals surface area contributed by atoms with Gasteiger partial charge in [0, 0.05) is 22.2 Å². The number of rotatable bonds is 2. The molecule has 0 bridgehead atoms. The van der Waals surface area contributed by atoms with E-state index >= 15 is 0 Å². The quantitative estimate of drug-likeness (QED) is 0.664. The zero-order valence-electron chi connectivity index (χ0n) is 12.4. The van der Waals surface area contributed by atoms with Crippen molar-refractivity contribution < 1.29 is 9.53 Å². The van der Waals surface area contributed by atoms with Gasteiger partial charge in [-0.05, 0) is 32.0 Å². The highest BCUT2D eigenvalue weighted by molar-refractivity contribution is 6.30. The fourth-order valence-corrected chi connectivity index (χ4v) is 2.60. The van der Waals surface area contributed by atoms with Crippen LogP contribution in [-0.4, -0.2) is 11.5 Å². The van der Waals surface area contributed by atoms with Crippen LogP contribution in [0.4, 0.5) is 0 Å². The van der Waals surface area contributed by atoms with Gasteiger partial charge in [0.25, 0.3) is 0 Å². The monoisotopic (exact) mass is 313 g/mol. The van der Waals surface area contributed by atoms with Gasteiger partial charge in [0.05, 0.1) is 5.70 Å². The topological polar surface area (TPSA) is 38.3 Å². The van der Waals surface area contributed by atoms with Crippen LogP contribution in [0.3, 0.4) is 0 Å². The summed E-state index contributed by atoms with van der Waals surface area (Å²) in [5.41, 5.74) is 1.55. The summed E-state index contributed by atoms with van der Waals surface area (Å²) in [6.45, 7) is 3.82. The highest BCUT2D eigenvalue weighted by Gasteiger charge is 2.29. The Labute approximate surface area is 134 Å². The highest BCUT2D eigenvalue weighted by Crippen LogP contribution is 2.35. The summed E-state index contributed by atoms with van der Waals surface area (Å²) in [6, 6.07) is 14.6. The fraction of sp³-hybridized carbons (Fsp3) is 0.167. The third-order valence-corrected chi connectivity index (χ3v) is 3.60. The summed E-state index contributed by atoms with van der Waals surface area (Å²) in [7, 11) is 0. The molecular weight excluding hydrogens is 298 g/mol. The van der Waals surface area contributed by atoms with Crippen molar-refractivity contribution in [3.8, 4) is 5.75 Å². The number of allylic oxidation sites excluding steroid dienone is 1. The number of fused-ring (bicyclic) bond motifs is 1. The van der Waals surface area contributed by atoms with Gasteiger partial charge in [0.1, 0.15) is 5.75 Å². The first kappa shape index (κ1) is 14.7. The van der Waals surface area contributed by atoms with E-state index in [1.165, 1.54) is 0 Å². The summed E-state index contributed by atoms with van der Waals surface area (Å²) in [4.78, 5) is 12.4. The number of carbonyl (C=O) groups excluding carboxylic acids is 1. The van der Waals surface area contributed by atoms with Crippen LogP contribution < -0.4 is 10.1 Å². The standard InChI is InChI=1S/C18H16ClNO2/c1-18(2)20-15(11-16(21)12-6-4-3-5-7-12)14-10-13(19)8-9-17(14)22-18/h3-11,20H,1-2H3/b15-11-. The minimum Gasteiger partial charge on any atom is -0.468 e. The molecule has 1 aliphatic heterocycles. The maximum Gasteiger partial charge on any atom is 0.187 e. The van der Waals surface area contributed by atoms with E-state index in [0.29, 0.717) is 22.0 Å². The highest BCUT2D eigenvalue weighted by atomic mass is 35.5. The lowest BCUT2D eigenvalue weighted by molar-refractivity contribution is 0.0816. The van der Waals surface area contributed by atoms with Crippen molar-refractivity contribution in [3.63, 3.8) is 0 Å². The van der Waals surface area contributed by atoms with Crippen molar-refractivity contribution in [1.82, 2.24) is 5.32 Å². The zero-order valence-corrected chi connectivity index (χ0v) is 13.1. The molecule has 1 N–H and O–H groups in total. The van der Waals surface area contributed by atoms with E-state index in [9.17, 15) is 4.79 Å². The molecule has 0 saturated carbocycles. The van der Waals surface area contributed by atoms with Crippen LogP contribution in [0.25, 0.3) is 5.70 Å². The molecule has 112 valence electrons. The predicted molar refractivity (Wildman–Crippen MR) is 88.0 cm³/mol. The number of nitrogens with one attached hydrogen (secondary N) is 1. The Kier molecular flexibility index (Phi) is 3.67. The lowest BCUT2D eigenvalue weighted by Crippen LogP contribution is -2.46. The molecule has 2 aromatic carbocycles. The number of ether oxygens (including phenoxy) is 1. The lowest BCUT2D eigenvalue weighted by Gasteiger charge is -2.36. The maximum atomic E-state index is 12.4. The third-order valence-electron chi connectivity index (χ3n) is 3.37. The first-order valence-corrected chi connectivity index (χ1v) is 7.41. The van der Waals surface area contributed by atoms with Crippen molar-refractivity contribution >= 4 is 23.1 Å². The van der Waals surface area contributed by atoms with Crippen LogP contribution in [-0.2, 0) is 0 Å². The van der Waals surface area contributed by atoms with Crippen molar-refractivity contribution in [1.29, 1.82) is 0 Å². The minimum absolute atomic E-state index is 0.0632. The van der Waals surface area contributed by atoms with Gasteiger partial charge in [0.15, 0.2) is 11.5 Å². The van der Waals surface area contributed by atoms with Crippen molar-refractivity contribution in [3.05, 3.63) is 70.8 Å². The second kappa shape index (κ2) is 5.50. The molecule has 2 aromatic rings. The van der Waals surface area contributed by atoms with Gasteiger partial charge in [0.2, 0.25) is 0 Å². The van der Waals surface area contributed by atoms with Gasteiger partial charge in [-0.15, -0.1) is 0 Å². The third kappa shape index (κ3) is 3.00. The SMILES string of the molecule is CC1(C)N/C(=C\C(=O)c2ccccc2)c2cc(Cl)ccc2O1. The molecule has 0 aromatic heterocycles. The molecule has 0 spiro atoms. The van der Waals surface area contributed by atoms with Crippen LogP contribution in [0.1, 0.15) is 29.8 Å². The number of hydrogen-bond donors (Lipinski definition) is 1. The molecule has 1 heterocycles. The normalized spacial score (nSPS) is 17.3. The molecule has 3 nitrogen and oxygen atoms in total. The van der Waals surface area contributed by atoms with Gasteiger partial charge in [-0.25, -0.2) is 0 Å². The van der Waals surface area contributed by atoms with E-state index < -0.39 is 5.72 Å². The smallest absolute Gasteiger partial charge is 0.187 e. The Bertz CT molecular complexity index is 751. The molecule has 3 rings (SSSR count). The fourth-order valence-electron chi connectivity index (χ4n) is 2.42. The summed E-state index contributed by atoms with van der Waals surface area (Å²) in [5.74, 6) is 0.645. The van der Waals surface area contributed by atoms with Crippen LogP contribution in [0.2, 0.25) is 5.02 Å². The van der Waals surface area contributed by atoms with Gasteiger partial charge >= 0.3 is 0 Å². The number of halogens is 1. The van der Waals surface area contributed by atoms with Crippen molar-refractivity contribution in [2.75, 3.05) is 0 Å². The molecule has 0 atom stereocenters. The average molecular weight is 314 g/mol. The van der Waals surface area contributed by atoms with Gasteiger partial charge in [-0.1, -0.05) is 41.9 Å². The van der Waals surface area contributed by atoms with Crippen LogP contribution in [0, 0.1) is 0 Å². The molecule has 0 amide bonds. The average Bonchev–Trinajstić information content (AvgIpc) is 2.48. The Balaban J connectivity index is 2.05. The van der Waals surface area contributed by atoms with Crippen molar-refractivity contribution in [2.45, 2.75) is 19.6 Å². The first-order valence-electron chi connectivity index (χ1n) is 7.03. The van der Waals surface area contributed by atoms with Crippen LogP contribution in [0.15, 0.2) is 54.6 Å². The van der Waals surface area contributed by atoms with E-state index in [2.05, 4.69) is 5.32 Å². The van der Waals surface area contributed by atoms with Gasteiger partial charge < -0.3 is 10.1 Å². The molecular formula is C18H16ClNO2. The Morgan fingerprint density at radius 1 is 1.18 bits per heavy atom. The van der Waals surface area contributed by atoms with Crippen LogP contribution >= 0.6 is 11.6 Å². The number of ketones is 1. The molecule has 0 fully saturated rings. The van der Waals surface area contributed by atoms with E-state index in [1.807, 2.05) is 38.1 Å². The van der Waals surface area contributed by atoms with E-state index in [-0.39, 0.29) is 5.78 Å². The molecule has 22 heavy (non-hydrogen) atoms. The Morgan fingerprint density at radius 3 is 2.64 bits per heavy atom. The molecule has 0 aliphatic carbocycles. The number of carbonyl (C=O) groups is 1. The molecule has 0 radical (unpaired) electrons. The molecule has 0 unspecified atom stereocenters. The van der Waals surface area contributed by atoms with Gasteiger partial charge in [-0.2, -0.15) is 0 Å². The Hall–Kier alpha value is -2.26. The van der Waals surface area contributed by atoms with E-state index in [1.54, 1.807) is 30.3 Å².